The van der Waals surface area contributed by atoms with Crippen LogP contribution in [-0.2, 0) is 4.79 Å². The molecule has 0 bridgehead atoms. The highest BCUT2D eigenvalue weighted by molar-refractivity contribution is 7.13. The van der Waals surface area contributed by atoms with Gasteiger partial charge in [-0.3, -0.25) is 9.59 Å². The van der Waals surface area contributed by atoms with Crippen LogP contribution >= 0.6 is 11.3 Å². The molecule has 0 aliphatic heterocycles. The van der Waals surface area contributed by atoms with Crippen molar-refractivity contribution in [2.24, 2.45) is 0 Å². The molecule has 94 valence electrons. The highest BCUT2D eigenvalue weighted by Crippen LogP contribution is 2.22. The molecule has 0 aliphatic rings. The van der Waals surface area contributed by atoms with Crippen LogP contribution < -0.4 is 5.32 Å². The average Bonchev–Trinajstić information content (AvgIpc) is 3.04. The van der Waals surface area contributed by atoms with Crippen LogP contribution in [0.15, 0.2) is 22.0 Å². The number of carbonyl (C=O) groups is 2. The number of aromatic nitrogens is 2. The zero-order valence-electron chi connectivity index (χ0n) is 9.62. The van der Waals surface area contributed by atoms with Gasteiger partial charge < -0.3 is 9.84 Å². The van der Waals surface area contributed by atoms with Gasteiger partial charge in [0.1, 0.15) is 0 Å². The number of amides is 1. The lowest BCUT2D eigenvalue weighted by Crippen LogP contribution is -2.35. The van der Waals surface area contributed by atoms with Gasteiger partial charge in [-0.25, -0.2) is 0 Å². The van der Waals surface area contributed by atoms with Crippen molar-refractivity contribution >= 4 is 23.5 Å². The van der Waals surface area contributed by atoms with E-state index in [2.05, 4.69) is 15.5 Å². The monoisotopic (exact) mass is 265 g/mol. The first kappa shape index (κ1) is 12.4. The Morgan fingerprint density at radius 3 is 3.11 bits per heavy atom. The number of thiophene rings is 1. The molecule has 1 atom stereocenters. The van der Waals surface area contributed by atoms with E-state index in [1.807, 2.05) is 17.5 Å². The molecule has 18 heavy (non-hydrogen) atoms. The van der Waals surface area contributed by atoms with E-state index < -0.39 is 6.04 Å². The fourth-order valence-electron chi connectivity index (χ4n) is 1.44. The van der Waals surface area contributed by atoms with Gasteiger partial charge in [-0.1, -0.05) is 18.1 Å². The fourth-order valence-corrected chi connectivity index (χ4v) is 2.09. The Kier molecular flexibility index (Phi) is 3.83. The zero-order valence-corrected chi connectivity index (χ0v) is 10.4. The summed E-state index contributed by atoms with van der Waals surface area (Å²) >= 11 is 1.45. The number of Topliss-reactive ketones (excluding diaryl/α,β-unsaturated/α-hetero) is 1. The van der Waals surface area contributed by atoms with E-state index in [9.17, 15) is 9.59 Å². The molecule has 0 saturated heterocycles. The van der Waals surface area contributed by atoms with Gasteiger partial charge in [-0.2, -0.15) is 4.98 Å². The van der Waals surface area contributed by atoms with Crippen molar-refractivity contribution in [3.05, 3.63) is 23.3 Å². The normalized spacial score (nSPS) is 12.1. The first-order chi connectivity index (χ1) is 8.76. The summed E-state index contributed by atoms with van der Waals surface area (Å²) in [6.45, 7) is 1.79. The van der Waals surface area contributed by atoms with Crippen LogP contribution in [0.5, 0.6) is 0 Å². The van der Waals surface area contributed by atoms with Crippen molar-refractivity contribution in [3.63, 3.8) is 0 Å². The van der Waals surface area contributed by atoms with Crippen molar-refractivity contribution < 1.29 is 14.1 Å². The van der Waals surface area contributed by atoms with E-state index in [-0.39, 0.29) is 11.6 Å². The molecule has 0 spiro atoms. The molecule has 0 fully saturated rings. The first-order valence-electron chi connectivity index (χ1n) is 5.37. The van der Waals surface area contributed by atoms with Gasteiger partial charge in [0.25, 0.3) is 5.89 Å². The van der Waals surface area contributed by atoms with E-state index in [4.69, 9.17) is 4.52 Å². The topological polar surface area (TPSA) is 85.1 Å². The molecule has 7 heteroatoms. The molecular formula is C11H11N3O3S. The van der Waals surface area contributed by atoms with Crippen LogP contribution in [0.2, 0.25) is 0 Å². The quantitative estimate of drug-likeness (QED) is 0.632. The van der Waals surface area contributed by atoms with Crippen LogP contribution in [0.3, 0.4) is 0 Å². The number of hydrogen-bond donors (Lipinski definition) is 1. The molecule has 2 heterocycles. The Morgan fingerprint density at radius 2 is 2.50 bits per heavy atom. The van der Waals surface area contributed by atoms with Crippen molar-refractivity contribution in [1.82, 2.24) is 15.5 Å². The van der Waals surface area contributed by atoms with E-state index >= 15 is 0 Å². The maximum atomic E-state index is 11.9. The maximum absolute atomic E-state index is 11.9. The molecule has 0 saturated carbocycles. The molecule has 0 aromatic carbocycles. The van der Waals surface area contributed by atoms with E-state index in [0.29, 0.717) is 18.7 Å². The van der Waals surface area contributed by atoms with Crippen LogP contribution in [-0.4, -0.2) is 28.4 Å². The summed E-state index contributed by atoms with van der Waals surface area (Å²) < 4.78 is 5.02. The second-order valence-corrected chi connectivity index (χ2v) is 4.46. The Labute approximate surface area is 107 Å². The first-order valence-corrected chi connectivity index (χ1v) is 6.25. The lowest BCUT2D eigenvalue weighted by atomic mass is 10.1. The molecule has 0 aliphatic carbocycles. The van der Waals surface area contributed by atoms with Gasteiger partial charge in [0.05, 0.1) is 10.9 Å². The largest absolute Gasteiger partial charge is 0.348 e. The third kappa shape index (κ3) is 2.45. The summed E-state index contributed by atoms with van der Waals surface area (Å²) in [4.78, 5) is 27.2. The Hall–Kier alpha value is -2.02. The number of hydrogen-bond acceptors (Lipinski definition) is 6. The standard InChI is InChI=1S/C11H11N3O3S/c1-2-7(12-6-15)9(16)10-13-11(17-14-10)8-4-3-5-18-8/h3-7H,2H2,1H3,(H,12,15). The van der Waals surface area contributed by atoms with Crippen molar-refractivity contribution in [3.8, 4) is 10.8 Å². The van der Waals surface area contributed by atoms with Crippen LogP contribution in [0, 0.1) is 0 Å². The summed E-state index contributed by atoms with van der Waals surface area (Å²) in [5.74, 6) is -0.0509. The number of nitrogens with zero attached hydrogens (tertiary/aromatic N) is 2. The maximum Gasteiger partial charge on any atom is 0.268 e. The highest BCUT2D eigenvalue weighted by atomic mass is 32.1. The van der Waals surface area contributed by atoms with Gasteiger partial charge >= 0.3 is 0 Å². The lowest BCUT2D eigenvalue weighted by Gasteiger charge is -2.08. The molecular weight excluding hydrogens is 254 g/mol. The minimum atomic E-state index is -0.615. The van der Waals surface area contributed by atoms with Crippen molar-refractivity contribution in [2.45, 2.75) is 19.4 Å². The van der Waals surface area contributed by atoms with E-state index in [1.54, 1.807) is 6.92 Å². The SMILES string of the molecule is CCC(NC=O)C(=O)c1noc(-c2cccs2)n1. The van der Waals surface area contributed by atoms with Gasteiger partial charge in [-0.15, -0.1) is 11.3 Å². The summed E-state index contributed by atoms with van der Waals surface area (Å²) in [5, 5.41) is 7.94. The second-order valence-electron chi connectivity index (χ2n) is 3.51. The number of ketones is 1. The predicted molar refractivity (Wildman–Crippen MR) is 65.2 cm³/mol. The van der Waals surface area contributed by atoms with E-state index in [0.717, 1.165) is 4.88 Å². The number of carbonyl (C=O) groups excluding carboxylic acids is 2. The minimum absolute atomic E-state index is 0.0143. The van der Waals surface area contributed by atoms with Gasteiger partial charge in [-0.05, 0) is 17.9 Å². The second kappa shape index (κ2) is 5.54. The fraction of sp³-hybridized carbons (Fsp3) is 0.273. The molecule has 6 nitrogen and oxygen atoms in total. The van der Waals surface area contributed by atoms with Gasteiger partial charge in [0.15, 0.2) is 0 Å². The molecule has 2 aromatic heterocycles. The highest BCUT2D eigenvalue weighted by Gasteiger charge is 2.23. The molecule has 2 rings (SSSR count). The van der Waals surface area contributed by atoms with Crippen LogP contribution in [0.1, 0.15) is 24.0 Å². The summed E-state index contributed by atoms with van der Waals surface area (Å²) in [6.07, 6.45) is 0.965. The van der Waals surface area contributed by atoms with Crippen molar-refractivity contribution in [2.75, 3.05) is 0 Å². The minimum Gasteiger partial charge on any atom is -0.348 e. The van der Waals surface area contributed by atoms with Crippen LogP contribution in [0.25, 0.3) is 10.8 Å². The third-order valence-electron chi connectivity index (χ3n) is 2.37. The summed E-state index contributed by atoms with van der Waals surface area (Å²) in [5.41, 5.74) is 0. The Balaban J connectivity index is 2.19. The van der Waals surface area contributed by atoms with Gasteiger partial charge in [0.2, 0.25) is 18.0 Å². The molecule has 2 aromatic rings. The average molecular weight is 265 g/mol. The molecule has 0 radical (unpaired) electrons. The summed E-state index contributed by atoms with van der Waals surface area (Å²) in [6, 6.07) is 3.07. The van der Waals surface area contributed by atoms with Gasteiger partial charge in [0, 0.05) is 0 Å². The Morgan fingerprint density at radius 1 is 1.67 bits per heavy atom. The molecule has 1 unspecified atom stereocenters. The van der Waals surface area contributed by atoms with Crippen molar-refractivity contribution in [1.29, 1.82) is 0 Å². The molecule has 1 N–H and O–H groups in total. The number of nitrogens with one attached hydrogen (secondary N) is 1. The lowest BCUT2D eigenvalue weighted by molar-refractivity contribution is -0.110. The third-order valence-corrected chi connectivity index (χ3v) is 3.23. The predicted octanol–water partition coefficient (Wildman–Crippen LogP) is 1.51. The summed E-state index contributed by atoms with van der Waals surface area (Å²) in [7, 11) is 0. The smallest absolute Gasteiger partial charge is 0.268 e. The van der Waals surface area contributed by atoms with Crippen LogP contribution in [0.4, 0.5) is 0 Å². The number of rotatable bonds is 6. The Bertz CT molecular complexity index is 535. The molecule has 1 amide bonds. The zero-order chi connectivity index (χ0) is 13.0. The van der Waals surface area contributed by atoms with E-state index in [1.165, 1.54) is 11.3 Å².